The predicted octanol–water partition coefficient (Wildman–Crippen LogP) is 2.94. The minimum atomic E-state index is 0. The van der Waals surface area contributed by atoms with Crippen LogP contribution in [0.1, 0.15) is 36.5 Å². The molecule has 1 aromatic heterocycles. The maximum Gasteiger partial charge on any atom is 0.194 e. The van der Waals surface area contributed by atoms with Gasteiger partial charge in [0.1, 0.15) is 11.9 Å². The zero-order valence-electron chi connectivity index (χ0n) is 17.1. The molecule has 2 aromatic rings. The van der Waals surface area contributed by atoms with E-state index in [1.807, 2.05) is 30.2 Å². The topological polar surface area (TPSA) is 63.9 Å². The van der Waals surface area contributed by atoms with Crippen LogP contribution in [0.2, 0.25) is 0 Å². The van der Waals surface area contributed by atoms with Crippen molar-refractivity contribution >= 4 is 29.9 Å². The Balaban J connectivity index is 0.00000240. The average Bonchev–Trinajstić information content (AvgIpc) is 3.17. The van der Waals surface area contributed by atoms with Gasteiger partial charge in [-0.1, -0.05) is 18.2 Å². The number of para-hydroxylation sites is 1. The molecule has 0 amide bonds. The van der Waals surface area contributed by atoms with Crippen molar-refractivity contribution < 1.29 is 9.47 Å². The first-order valence-corrected chi connectivity index (χ1v) is 10.1. The highest BCUT2D eigenvalue weighted by Crippen LogP contribution is 2.33. The van der Waals surface area contributed by atoms with Gasteiger partial charge in [0, 0.05) is 44.4 Å². The number of fused-ring (bicyclic) bond motifs is 1. The highest BCUT2D eigenvalue weighted by molar-refractivity contribution is 14.0. The van der Waals surface area contributed by atoms with E-state index >= 15 is 0 Å². The van der Waals surface area contributed by atoms with Crippen molar-refractivity contribution in [2.75, 3.05) is 39.4 Å². The Morgan fingerprint density at radius 3 is 2.97 bits per heavy atom. The number of nitrogens with zero attached hydrogens (tertiary/aromatic N) is 4. The molecular formula is C21H30IN5O2. The van der Waals surface area contributed by atoms with Crippen LogP contribution in [0.15, 0.2) is 41.7 Å². The second kappa shape index (κ2) is 10.3. The number of halogens is 1. The zero-order chi connectivity index (χ0) is 19.3. The summed E-state index contributed by atoms with van der Waals surface area (Å²) in [6.45, 7) is 6.78. The number of guanidine groups is 1. The number of hydrogen-bond donors (Lipinski definition) is 1. The summed E-state index contributed by atoms with van der Waals surface area (Å²) in [6.07, 6.45) is 4.94. The van der Waals surface area contributed by atoms with E-state index < -0.39 is 0 Å². The summed E-state index contributed by atoms with van der Waals surface area (Å²) in [7, 11) is 1.93. The Labute approximate surface area is 189 Å². The van der Waals surface area contributed by atoms with E-state index in [1.165, 1.54) is 5.56 Å². The molecule has 1 saturated heterocycles. The lowest BCUT2D eigenvalue weighted by atomic mass is 9.93. The summed E-state index contributed by atoms with van der Waals surface area (Å²) >= 11 is 0. The monoisotopic (exact) mass is 511 g/mol. The highest BCUT2D eigenvalue weighted by atomic mass is 127. The normalized spacial score (nSPS) is 21.7. The summed E-state index contributed by atoms with van der Waals surface area (Å²) in [6, 6.07) is 8.32. The minimum absolute atomic E-state index is 0. The van der Waals surface area contributed by atoms with Crippen LogP contribution in [-0.4, -0.2) is 60.0 Å². The van der Waals surface area contributed by atoms with Crippen LogP contribution in [0.4, 0.5) is 0 Å². The molecule has 29 heavy (non-hydrogen) atoms. The molecular weight excluding hydrogens is 481 g/mol. The van der Waals surface area contributed by atoms with Gasteiger partial charge in [-0.05, 0) is 25.0 Å². The van der Waals surface area contributed by atoms with Gasteiger partial charge in [0.2, 0.25) is 0 Å². The molecule has 2 unspecified atom stereocenters. The van der Waals surface area contributed by atoms with Crippen LogP contribution in [0, 0.1) is 0 Å². The lowest BCUT2D eigenvalue weighted by molar-refractivity contribution is -0.00805. The fourth-order valence-electron chi connectivity index (χ4n) is 3.88. The summed E-state index contributed by atoms with van der Waals surface area (Å²) in [4.78, 5) is 7.29. The molecule has 0 radical (unpaired) electrons. The lowest BCUT2D eigenvalue weighted by Crippen LogP contribution is -2.48. The maximum absolute atomic E-state index is 5.98. The van der Waals surface area contributed by atoms with E-state index in [4.69, 9.17) is 14.5 Å². The second-order valence-electron chi connectivity index (χ2n) is 7.32. The third-order valence-corrected chi connectivity index (χ3v) is 5.34. The Morgan fingerprint density at radius 2 is 2.17 bits per heavy atom. The Hall–Kier alpha value is -1.81. The molecule has 2 aliphatic heterocycles. The average molecular weight is 511 g/mol. The number of benzene rings is 1. The number of aromatic nitrogens is 2. The lowest BCUT2D eigenvalue weighted by Gasteiger charge is -2.35. The smallest absolute Gasteiger partial charge is 0.194 e. The number of aliphatic imine (C=N–C) groups is 1. The Morgan fingerprint density at radius 1 is 1.31 bits per heavy atom. The van der Waals surface area contributed by atoms with Gasteiger partial charge < -0.3 is 19.7 Å². The molecule has 1 N–H and O–H groups in total. The Kier molecular flexibility index (Phi) is 7.77. The summed E-state index contributed by atoms with van der Waals surface area (Å²) < 4.78 is 13.6. The first-order valence-electron chi connectivity index (χ1n) is 10.1. The predicted molar refractivity (Wildman–Crippen MR) is 124 cm³/mol. The van der Waals surface area contributed by atoms with Gasteiger partial charge >= 0.3 is 0 Å². The fraction of sp³-hybridized carbons (Fsp3) is 0.524. The number of nitrogens with one attached hydrogen (secondary N) is 1. The number of aryl methyl sites for hydroxylation is 1. The second-order valence-corrected chi connectivity index (χ2v) is 7.32. The molecule has 8 heteroatoms. The van der Waals surface area contributed by atoms with E-state index in [2.05, 4.69) is 40.4 Å². The molecule has 1 fully saturated rings. The molecule has 0 spiro atoms. The van der Waals surface area contributed by atoms with Crippen LogP contribution < -0.4 is 10.1 Å². The molecule has 7 nitrogen and oxygen atoms in total. The molecule has 4 rings (SSSR count). The largest absolute Gasteiger partial charge is 0.493 e. The van der Waals surface area contributed by atoms with Gasteiger partial charge in [0.05, 0.1) is 26.0 Å². The molecule has 2 atom stereocenters. The van der Waals surface area contributed by atoms with Gasteiger partial charge in [0.25, 0.3) is 0 Å². The van der Waals surface area contributed by atoms with Crippen LogP contribution >= 0.6 is 24.0 Å². The number of hydrogen-bond acceptors (Lipinski definition) is 4. The first-order chi connectivity index (χ1) is 13.7. The molecule has 0 aliphatic carbocycles. The molecule has 0 bridgehead atoms. The van der Waals surface area contributed by atoms with E-state index in [0.717, 1.165) is 56.5 Å². The number of ether oxygens (including phenoxy) is 2. The SMILES string of the molecule is CCNC(=NCC1CCOc2ccccc21)N1CCOC(c2cnn(C)c2)C1.I. The fourth-order valence-corrected chi connectivity index (χ4v) is 3.88. The van der Waals surface area contributed by atoms with Crippen LogP contribution in [0.3, 0.4) is 0 Å². The van der Waals surface area contributed by atoms with E-state index in [9.17, 15) is 0 Å². The molecule has 1 aromatic carbocycles. The van der Waals surface area contributed by atoms with Crippen molar-refractivity contribution in [2.45, 2.75) is 25.4 Å². The van der Waals surface area contributed by atoms with Gasteiger partial charge in [-0.25, -0.2) is 0 Å². The van der Waals surface area contributed by atoms with Crippen molar-refractivity contribution in [2.24, 2.45) is 12.0 Å². The van der Waals surface area contributed by atoms with E-state index in [-0.39, 0.29) is 30.1 Å². The molecule has 3 heterocycles. The van der Waals surface area contributed by atoms with Gasteiger partial charge in [0.15, 0.2) is 5.96 Å². The van der Waals surface area contributed by atoms with Crippen molar-refractivity contribution in [3.8, 4) is 5.75 Å². The minimum Gasteiger partial charge on any atom is -0.493 e. The molecule has 158 valence electrons. The van der Waals surface area contributed by atoms with Crippen LogP contribution in [0.25, 0.3) is 0 Å². The van der Waals surface area contributed by atoms with Gasteiger partial charge in [-0.3, -0.25) is 9.67 Å². The van der Waals surface area contributed by atoms with Crippen LogP contribution in [-0.2, 0) is 11.8 Å². The Bertz CT molecular complexity index is 825. The summed E-state index contributed by atoms with van der Waals surface area (Å²) in [5.74, 6) is 2.36. The van der Waals surface area contributed by atoms with E-state index in [0.29, 0.717) is 12.5 Å². The van der Waals surface area contributed by atoms with Crippen molar-refractivity contribution in [1.82, 2.24) is 20.0 Å². The molecule has 2 aliphatic rings. The highest BCUT2D eigenvalue weighted by Gasteiger charge is 2.26. The quantitative estimate of drug-likeness (QED) is 0.389. The summed E-state index contributed by atoms with van der Waals surface area (Å²) in [5.41, 5.74) is 2.38. The number of morpholine rings is 1. The third-order valence-electron chi connectivity index (χ3n) is 5.34. The maximum atomic E-state index is 5.98. The summed E-state index contributed by atoms with van der Waals surface area (Å²) in [5, 5.41) is 7.74. The van der Waals surface area contributed by atoms with Gasteiger partial charge in [-0.15, -0.1) is 24.0 Å². The third kappa shape index (κ3) is 5.22. The van der Waals surface area contributed by atoms with Gasteiger partial charge in [-0.2, -0.15) is 5.10 Å². The van der Waals surface area contributed by atoms with Crippen molar-refractivity contribution in [1.29, 1.82) is 0 Å². The van der Waals surface area contributed by atoms with Crippen molar-refractivity contribution in [3.05, 3.63) is 47.8 Å². The standard InChI is InChI=1S/C21H29N5O2.HI/c1-3-22-21(23-12-16-8-10-27-19-7-5-4-6-18(16)19)26-9-11-28-20(15-26)17-13-24-25(2)14-17;/h4-7,13-14,16,20H,3,8-12,15H2,1-2H3,(H,22,23);1H. The molecule has 0 saturated carbocycles. The van der Waals surface area contributed by atoms with E-state index in [1.54, 1.807) is 0 Å². The first kappa shape index (κ1) is 21.9. The van der Waals surface area contributed by atoms with Crippen molar-refractivity contribution in [3.63, 3.8) is 0 Å². The zero-order valence-corrected chi connectivity index (χ0v) is 19.4. The van der Waals surface area contributed by atoms with Crippen LogP contribution in [0.5, 0.6) is 5.75 Å². The number of rotatable bonds is 4.